The molecule has 0 radical (unpaired) electrons. The Morgan fingerprint density at radius 1 is 1.13 bits per heavy atom. The van der Waals surface area contributed by atoms with Crippen LogP contribution in [0.5, 0.6) is 0 Å². The number of nitro groups is 1. The molecular weight excluding hydrogens is 320 g/mol. The lowest BCUT2D eigenvalue weighted by atomic mass is 10.2. The molecule has 0 aliphatic heterocycles. The Hall–Kier alpha value is -2.99. The second kappa shape index (κ2) is 7.33. The number of rotatable bonds is 2. The second-order valence-corrected chi connectivity index (χ2v) is 4.83. The highest BCUT2D eigenvalue weighted by molar-refractivity contribution is 6.33. The molecule has 0 saturated heterocycles. The van der Waals surface area contributed by atoms with Gasteiger partial charge in [-0.15, -0.1) is 0 Å². The van der Waals surface area contributed by atoms with Crippen LogP contribution in [-0.4, -0.2) is 21.0 Å². The van der Waals surface area contributed by atoms with Gasteiger partial charge >= 0.3 is 5.97 Å². The number of carbonyl (C=O) groups is 1. The number of halogens is 1. The third kappa shape index (κ3) is 4.24. The van der Waals surface area contributed by atoms with E-state index in [4.69, 9.17) is 16.7 Å². The van der Waals surface area contributed by atoms with Crippen molar-refractivity contribution in [2.24, 2.45) is 0 Å². The van der Waals surface area contributed by atoms with E-state index in [-0.39, 0.29) is 16.3 Å². The Bertz CT molecular complexity index is 802. The van der Waals surface area contributed by atoms with Crippen LogP contribution in [0, 0.1) is 10.1 Å². The first-order valence-corrected chi connectivity index (χ1v) is 6.84. The van der Waals surface area contributed by atoms with Crippen LogP contribution >= 0.6 is 11.6 Å². The molecule has 7 heteroatoms. The highest BCUT2D eigenvalue weighted by atomic mass is 35.5. The first-order chi connectivity index (χ1) is 11.0. The van der Waals surface area contributed by atoms with Gasteiger partial charge in [0.25, 0.3) is 5.69 Å². The molecular formula is C16H11ClN2O4. The Kier molecular flexibility index (Phi) is 5.22. The molecule has 0 aliphatic carbocycles. The van der Waals surface area contributed by atoms with E-state index in [1.165, 1.54) is 11.5 Å². The van der Waals surface area contributed by atoms with Crippen LogP contribution in [0.25, 0.3) is 10.9 Å². The molecule has 0 amide bonds. The number of hydrogen-bond donors (Lipinski definition) is 1. The molecule has 23 heavy (non-hydrogen) atoms. The minimum atomic E-state index is -1.28. The SMILES string of the molecule is O=C(O)c1cc([N+](=O)[O-])ccc1Cl.c1ccc2ncccc2c1. The van der Waals surface area contributed by atoms with Crippen LogP contribution in [0.4, 0.5) is 5.69 Å². The molecule has 1 aromatic heterocycles. The van der Waals surface area contributed by atoms with Gasteiger partial charge in [-0.05, 0) is 18.2 Å². The predicted molar refractivity (Wildman–Crippen MR) is 86.8 cm³/mol. The van der Waals surface area contributed by atoms with Crippen molar-refractivity contribution in [2.75, 3.05) is 0 Å². The van der Waals surface area contributed by atoms with Crippen molar-refractivity contribution in [3.63, 3.8) is 0 Å². The average molecular weight is 331 g/mol. The van der Waals surface area contributed by atoms with E-state index >= 15 is 0 Å². The third-order valence-corrected chi connectivity index (χ3v) is 3.23. The Morgan fingerprint density at radius 2 is 1.83 bits per heavy atom. The van der Waals surface area contributed by atoms with E-state index < -0.39 is 10.9 Å². The van der Waals surface area contributed by atoms with Gasteiger partial charge in [0.05, 0.1) is 21.0 Å². The molecule has 116 valence electrons. The van der Waals surface area contributed by atoms with E-state index in [2.05, 4.69) is 17.1 Å². The smallest absolute Gasteiger partial charge is 0.337 e. The molecule has 0 saturated carbocycles. The Labute approximate surface area is 136 Å². The molecule has 0 fully saturated rings. The molecule has 0 spiro atoms. The third-order valence-electron chi connectivity index (χ3n) is 2.90. The fraction of sp³-hybridized carbons (Fsp3) is 0. The number of pyridine rings is 1. The lowest BCUT2D eigenvalue weighted by Gasteiger charge is -1.97. The van der Waals surface area contributed by atoms with Crippen molar-refractivity contribution in [1.29, 1.82) is 0 Å². The number of para-hydroxylation sites is 1. The molecule has 0 bridgehead atoms. The summed E-state index contributed by atoms with van der Waals surface area (Å²) in [5, 5.41) is 20.0. The topological polar surface area (TPSA) is 93.3 Å². The zero-order valence-electron chi connectivity index (χ0n) is 11.7. The molecule has 1 N–H and O–H groups in total. The Balaban J connectivity index is 0.000000172. The molecule has 2 aromatic carbocycles. The molecule has 0 aliphatic rings. The molecule has 3 aromatic rings. The van der Waals surface area contributed by atoms with Crippen LogP contribution in [0.2, 0.25) is 5.02 Å². The molecule has 0 atom stereocenters. The maximum absolute atomic E-state index is 10.5. The lowest BCUT2D eigenvalue weighted by molar-refractivity contribution is -0.384. The van der Waals surface area contributed by atoms with Gasteiger partial charge in [0, 0.05) is 23.7 Å². The Morgan fingerprint density at radius 3 is 2.48 bits per heavy atom. The van der Waals surface area contributed by atoms with Gasteiger partial charge in [-0.25, -0.2) is 4.79 Å². The summed E-state index contributed by atoms with van der Waals surface area (Å²) in [6, 6.07) is 15.3. The van der Waals surface area contributed by atoms with Crippen LogP contribution in [0.15, 0.2) is 60.8 Å². The van der Waals surface area contributed by atoms with Crippen LogP contribution in [0.3, 0.4) is 0 Å². The van der Waals surface area contributed by atoms with Crippen molar-refractivity contribution in [2.45, 2.75) is 0 Å². The fourth-order valence-electron chi connectivity index (χ4n) is 1.81. The number of aromatic nitrogens is 1. The molecule has 6 nitrogen and oxygen atoms in total. The minimum absolute atomic E-state index is 0.0156. The zero-order valence-corrected chi connectivity index (χ0v) is 12.5. The summed E-state index contributed by atoms with van der Waals surface area (Å²) in [7, 11) is 0. The number of hydrogen-bond acceptors (Lipinski definition) is 4. The number of non-ortho nitro benzene ring substituents is 1. The number of nitrogens with zero attached hydrogens (tertiary/aromatic N) is 2. The summed E-state index contributed by atoms with van der Waals surface area (Å²) in [5.74, 6) is -1.28. The predicted octanol–water partition coefficient (Wildman–Crippen LogP) is 4.18. The lowest BCUT2D eigenvalue weighted by Crippen LogP contribution is -1.98. The first-order valence-electron chi connectivity index (χ1n) is 6.46. The number of carboxylic acids is 1. The van der Waals surface area contributed by atoms with E-state index in [1.54, 1.807) is 0 Å². The fourth-order valence-corrected chi connectivity index (χ4v) is 2.01. The molecule has 3 rings (SSSR count). The van der Waals surface area contributed by atoms with Gasteiger partial charge in [-0.1, -0.05) is 35.9 Å². The summed E-state index contributed by atoms with van der Waals surface area (Å²) in [6.45, 7) is 0. The van der Waals surface area contributed by atoms with Gasteiger partial charge < -0.3 is 5.11 Å². The second-order valence-electron chi connectivity index (χ2n) is 4.42. The number of fused-ring (bicyclic) bond motifs is 1. The summed E-state index contributed by atoms with van der Waals surface area (Å²) in [5.41, 5.74) is 0.502. The minimum Gasteiger partial charge on any atom is -0.478 e. The number of carboxylic acid groups (broad SMARTS) is 1. The summed E-state index contributed by atoms with van der Waals surface area (Å²) >= 11 is 5.49. The quantitative estimate of drug-likeness (QED) is 0.562. The number of nitro benzene ring substituents is 1. The van der Waals surface area contributed by atoms with Crippen molar-refractivity contribution in [3.05, 3.63) is 81.5 Å². The van der Waals surface area contributed by atoms with Crippen LogP contribution in [-0.2, 0) is 0 Å². The van der Waals surface area contributed by atoms with E-state index in [9.17, 15) is 14.9 Å². The zero-order chi connectivity index (χ0) is 16.8. The van der Waals surface area contributed by atoms with Crippen molar-refractivity contribution < 1.29 is 14.8 Å². The van der Waals surface area contributed by atoms with Crippen LogP contribution < -0.4 is 0 Å². The van der Waals surface area contributed by atoms with E-state index in [0.29, 0.717) is 0 Å². The average Bonchev–Trinajstić information content (AvgIpc) is 2.55. The summed E-state index contributed by atoms with van der Waals surface area (Å²) in [4.78, 5) is 24.2. The van der Waals surface area contributed by atoms with Crippen LogP contribution in [0.1, 0.15) is 10.4 Å². The first kappa shape index (κ1) is 16.4. The summed E-state index contributed by atoms with van der Waals surface area (Å²) < 4.78 is 0. The van der Waals surface area contributed by atoms with Crippen molar-refractivity contribution in [3.8, 4) is 0 Å². The van der Waals surface area contributed by atoms with Gasteiger partial charge in [0.1, 0.15) is 0 Å². The normalized spacial score (nSPS) is 9.78. The maximum atomic E-state index is 10.5. The van der Waals surface area contributed by atoms with E-state index in [0.717, 1.165) is 17.6 Å². The van der Waals surface area contributed by atoms with Gasteiger partial charge in [0.2, 0.25) is 0 Å². The van der Waals surface area contributed by atoms with Crippen molar-refractivity contribution >= 4 is 34.2 Å². The monoisotopic (exact) mass is 330 g/mol. The number of aromatic carboxylic acids is 1. The largest absolute Gasteiger partial charge is 0.478 e. The van der Waals surface area contributed by atoms with Gasteiger partial charge in [0.15, 0.2) is 0 Å². The highest BCUT2D eigenvalue weighted by Gasteiger charge is 2.14. The molecule has 1 heterocycles. The van der Waals surface area contributed by atoms with E-state index in [1.807, 2.05) is 30.5 Å². The molecule has 0 unspecified atom stereocenters. The van der Waals surface area contributed by atoms with Gasteiger partial charge in [-0.3, -0.25) is 15.1 Å². The maximum Gasteiger partial charge on any atom is 0.337 e. The highest BCUT2D eigenvalue weighted by Crippen LogP contribution is 2.21. The van der Waals surface area contributed by atoms with Crippen molar-refractivity contribution in [1.82, 2.24) is 4.98 Å². The number of benzene rings is 2. The van der Waals surface area contributed by atoms with Gasteiger partial charge in [-0.2, -0.15) is 0 Å². The summed E-state index contributed by atoms with van der Waals surface area (Å²) in [6.07, 6.45) is 1.81. The standard InChI is InChI=1S/C9H7N.C7H4ClNO4/c1-2-6-9-8(4-1)5-3-7-10-9;8-6-2-1-4(9(12)13)3-5(6)7(10)11/h1-7H;1-3H,(H,10,11).